The van der Waals surface area contributed by atoms with Crippen molar-refractivity contribution in [3.8, 4) is 0 Å². The summed E-state index contributed by atoms with van der Waals surface area (Å²) in [5.41, 5.74) is 0.563. The molecular formula is C30H41N3O4S2. The third-order valence-electron chi connectivity index (χ3n) is 7.09. The van der Waals surface area contributed by atoms with Crippen LogP contribution >= 0.6 is 23.5 Å². The number of hydrogen-bond acceptors (Lipinski definition) is 7. The number of benzene rings is 2. The van der Waals surface area contributed by atoms with Crippen molar-refractivity contribution in [3.05, 3.63) is 66.2 Å². The molecule has 2 aromatic rings. The summed E-state index contributed by atoms with van der Waals surface area (Å²) in [5, 5.41) is 18.0. The molecular weight excluding hydrogens is 530 g/mol. The van der Waals surface area contributed by atoms with Gasteiger partial charge in [0.2, 0.25) is 5.91 Å². The number of aliphatic hydroxyl groups is 1. The number of amides is 2. The minimum absolute atomic E-state index is 0.00564. The van der Waals surface area contributed by atoms with Crippen LogP contribution in [0, 0.1) is 5.92 Å². The Kier molecular flexibility index (Phi) is 10.6. The van der Waals surface area contributed by atoms with Crippen LogP contribution in [0.25, 0.3) is 0 Å². The van der Waals surface area contributed by atoms with Crippen molar-refractivity contribution in [1.82, 2.24) is 15.5 Å². The number of carbonyl (C=O) groups excluding carboxylic acids is 2. The summed E-state index contributed by atoms with van der Waals surface area (Å²) in [6.07, 6.45) is 0.470. The first kappa shape index (κ1) is 29.8. The Morgan fingerprint density at radius 3 is 2.51 bits per heavy atom. The topological polar surface area (TPSA) is 90.9 Å². The molecule has 0 spiro atoms. The molecule has 2 amide bonds. The zero-order valence-electron chi connectivity index (χ0n) is 23.0. The molecule has 212 valence electrons. The second kappa shape index (κ2) is 13.9. The lowest BCUT2D eigenvalue weighted by atomic mass is 9.89. The first-order valence-corrected chi connectivity index (χ1v) is 15.7. The number of aliphatic hydroxyl groups excluding tert-OH is 1. The number of alkyl carbamates (subject to hydrolysis) is 1. The van der Waals surface area contributed by atoms with Crippen LogP contribution in [0.2, 0.25) is 0 Å². The minimum atomic E-state index is -0.874. The van der Waals surface area contributed by atoms with E-state index in [-0.39, 0.29) is 24.1 Å². The highest BCUT2D eigenvalue weighted by molar-refractivity contribution is 8.00. The maximum absolute atomic E-state index is 13.3. The standard InChI is InChI=1S/C30H41N3O4S2/c1-30(2,3)32-28(35)25-16-27-22(14-15-38-27)17-33(25)18-26(34)24(20-39-23-12-8-5-9-13-23)31-29(36)37-19-21-10-6-4-7-11-21/h4-13,22,24-27,34H,14-20H2,1-3H3,(H,31,36)(H,32,35)/t22?,24?,25-,26?,27?/m0/s1. The van der Waals surface area contributed by atoms with E-state index in [4.69, 9.17) is 4.74 Å². The van der Waals surface area contributed by atoms with E-state index in [1.165, 1.54) is 0 Å². The molecule has 2 saturated heterocycles. The lowest BCUT2D eigenvalue weighted by Gasteiger charge is -2.43. The number of ether oxygens (including phenoxy) is 1. The fourth-order valence-electron chi connectivity index (χ4n) is 5.12. The Morgan fingerprint density at radius 2 is 1.82 bits per heavy atom. The van der Waals surface area contributed by atoms with Crippen molar-refractivity contribution < 1.29 is 19.4 Å². The number of hydrogen-bond donors (Lipinski definition) is 3. The molecule has 7 nitrogen and oxygen atoms in total. The fraction of sp³-hybridized carbons (Fsp3) is 0.533. The Balaban J connectivity index is 1.44. The average molecular weight is 572 g/mol. The number of piperidine rings is 1. The Labute approximate surface area is 240 Å². The molecule has 2 aliphatic rings. The van der Waals surface area contributed by atoms with E-state index in [2.05, 4.69) is 15.5 Å². The maximum atomic E-state index is 13.3. The van der Waals surface area contributed by atoms with Gasteiger partial charge < -0.3 is 20.5 Å². The van der Waals surface area contributed by atoms with Gasteiger partial charge in [0, 0.05) is 34.5 Å². The number of likely N-dealkylation sites (tertiary alicyclic amines) is 1. The van der Waals surface area contributed by atoms with E-state index in [1.807, 2.05) is 93.2 Å². The van der Waals surface area contributed by atoms with Crippen molar-refractivity contribution in [3.63, 3.8) is 0 Å². The van der Waals surface area contributed by atoms with Gasteiger partial charge in [-0.3, -0.25) is 9.69 Å². The van der Waals surface area contributed by atoms with Crippen LogP contribution in [-0.4, -0.2) is 75.6 Å². The minimum Gasteiger partial charge on any atom is -0.445 e. The van der Waals surface area contributed by atoms with E-state index in [1.54, 1.807) is 11.8 Å². The highest BCUT2D eigenvalue weighted by Crippen LogP contribution is 2.40. The Morgan fingerprint density at radius 1 is 1.13 bits per heavy atom. The predicted octanol–water partition coefficient (Wildman–Crippen LogP) is 4.55. The van der Waals surface area contributed by atoms with Crippen molar-refractivity contribution in [2.24, 2.45) is 5.92 Å². The maximum Gasteiger partial charge on any atom is 0.407 e. The van der Waals surface area contributed by atoms with Gasteiger partial charge in [-0.15, -0.1) is 11.8 Å². The monoisotopic (exact) mass is 571 g/mol. The molecule has 0 aromatic heterocycles. The second-order valence-electron chi connectivity index (χ2n) is 11.4. The van der Waals surface area contributed by atoms with Crippen molar-refractivity contribution >= 4 is 35.5 Å². The molecule has 2 aliphatic heterocycles. The van der Waals surface area contributed by atoms with Gasteiger partial charge in [-0.2, -0.15) is 11.8 Å². The number of β-amino-alcohol motifs (C(OH)–C–C–N with tert-alkyl or cyclic N) is 1. The molecule has 0 saturated carbocycles. The van der Waals surface area contributed by atoms with Crippen LogP contribution in [0.3, 0.4) is 0 Å². The largest absolute Gasteiger partial charge is 0.445 e. The molecule has 0 radical (unpaired) electrons. The second-order valence-corrected chi connectivity index (χ2v) is 13.8. The van der Waals surface area contributed by atoms with E-state index in [0.29, 0.717) is 23.5 Å². The molecule has 0 bridgehead atoms. The van der Waals surface area contributed by atoms with Gasteiger partial charge in [0.1, 0.15) is 6.61 Å². The first-order chi connectivity index (χ1) is 18.7. The quantitative estimate of drug-likeness (QED) is 0.361. The summed E-state index contributed by atoms with van der Waals surface area (Å²) in [5.74, 6) is 2.11. The lowest BCUT2D eigenvalue weighted by molar-refractivity contribution is -0.130. The van der Waals surface area contributed by atoms with E-state index in [0.717, 1.165) is 35.6 Å². The first-order valence-electron chi connectivity index (χ1n) is 13.7. The molecule has 0 aliphatic carbocycles. The molecule has 2 aromatic carbocycles. The Hall–Kier alpha value is -2.20. The highest BCUT2D eigenvalue weighted by atomic mass is 32.2. The van der Waals surface area contributed by atoms with Crippen LogP contribution in [0.5, 0.6) is 0 Å². The average Bonchev–Trinajstić information content (AvgIpc) is 3.37. The third kappa shape index (κ3) is 9.17. The van der Waals surface area contributed by atoms with Gasteiger partial charge in [0.25, 0.3) is 0 Å². The van der Waals surface area contributed by atoms with Crippen molar-refractivity contribution in [1.29, 1.82) is 0 Å². The SMILES string of the molecule is CC(C)(C)NC(=O)[C@@H]1CC2SCCC2CN1CC(O)C(CSc1ccccc1)NC(=O)OCc1ccccc1. The van der Waals surface area contributed by atoms with Crippen LogP contribution in [0.4, 0.5) is 4.79 Å². The van der Waals surface area contributed by atoms with Crippen LogP contribution in [-0.2, 0) is 16.1 Å². The van der Waals surface area contributed by atoms with Gasteiger partial charge in [-0.05, 0) is 63.0 Å². The van der Waals surface area contributed by atoms with Crippen LogP contribution < -0.4 is 10.6 Å². The number of nitrogens with zero attached hydrogens (tertiary/aromatic N) is 1. The van der Waals surface area contributed by atoms with Crippen molar-refractivity contribution in [2.75, 3.05) is 24.6 Å². The number of fused-ring (bicyclic) bond motifs is 1. The summed E-state index contributed by atoms with van der Waals surface area (Å²) in [6, 6.07) is 18.6. The summed E-state index contributed by atoms with van der Waals surface area (Å²) < 4.78 is 5.47. The van der Waals surface area contributed by atoms with Crippen LogP contribution in [0.1, 0.15) is 39.2 Å². The van der Waals surface area contributed by atoms with Crippen molar-refractivity contribution in [2.45, 2.75) is 74.1 Å². The zero-order chi connectivity index (χ0) is 27.8. The number of thioether (sulfide) groups is 2. The van der Waals surface area contributed by atoms with Gasteiger partial charge in [-0.25, -0.2) is 4.79 Å². The molecule has 39 heavy (non-hydrogen) atoms. The summed E-state index contributed by atoms with van der Waals surface area (Å²) >= 11 is 3.54. The number of carbonyl (C=O) groups is 2. The summed E-state index contributed by atoms with van der Waals surface area (Å²) in [4.78, 5) is 29.3. The third-order valence-corrected chi connectivity index (χ3v) is 9.70. The normalized spacial score (nSPS) is 22.9. The highest BCUT2D eigenvalue weighted by Gasteiger charge is 2.43. The molecule has 4 rings (SSSR count). The molecule has 2 heterocycles. The van der Waals surface area contributed by atoms with Gasteiger partial charge in [-0.1, -0.05) is 48.5 Å². The molecule has 3 N–H and O–H groups in total. The van der Waals surface area contributed by atoms with E-state index in [9.17, 15) is 14.7 Å². The van der Waals surface area contributed by atoms with Gasteiger partial charge in [0.05, 0.1) is 18.2 Å². The van der Waals surface area contributed by atoms with Gasteiger partial charge >= 0.3 is 6.09 Å². The lowest BCUT2D eigenvalue weighted by Crippen LogP contribution is -2.60. The summed E-state index contributed by atoms with van der Waals surface area (Å²) in [6.45, 7) is 7.19. The molecule has 2 fully saturated rings. The smallest absolute Gasteiger partial charge is 0.407 e. The Bertz CT molecular complexity index is 1070. The van der Waals surface area contributed by atoms with E-state index < -0.39 is 18.2 Å². The van der Waals surface area contributed by atoms with E-state index >= 15 is 0 Å². The fourth-order valence-corrected chi connectivity index (χ4v) is 7.70. The predicted molar refractivity (Wildman–Crippen MR) is 159 cm³/mol. The number of nitrogens with one attached hydrogen (secondary N) is 2. The summed E-state index contributed by atoms with van der Waals surface area (Å²) in [7, 11) is 0. The molecule has 5 atom stereocenters. The molecule has 9 heteroatoms. The van der Waals surface area contributed by atoms with Gasteiger partial charge in [0.15, 0.2) is 0 Å². The number of rotatable bonds is 10. The molecule has 4 unspecified atom stereocenters. The van der Waals surface area contributed by atoms with Crippen LogP contribution in [0.15, 0.2) is 65.6 Å². The zero-order valence-corrected chi connectivity index (χ0v) is 24.7.